The second-order valence-corrected chi connectivity index (χ2v) is 6.18. The second-order valence-electron chi connectivity index (χ2n) is 4.90. The van der Waals surface area contributed by atoms with E-state index in [0.29, 0.717) is 10.8 Å². The second kappa shape index (κ2) is 4.80. The van der Waals surface area contributed by atoms with E-state index in [-0.39, 0.29) is 0 Å². The molecule has 0 radical (unpaired) electrons. The van der Waals surface area contributed by atoms with E-state index in [0.717, 1.165) is 6.54 Å². The van der Waals surface area contributed by atoms with Gasteiger partial charge in [0.2, 0.25) is 0 Å². The van der Waals surface area contributed by atoms with E-state index in [4.69, 9.17) is 0 Å². The molecule has 2 rings (SSSR count). The number of rotatable bonds is 5. The molecule has 0 aromatic heterocycles. The van der Waals surface area contributed by atoms with E-state index >= 15 is 0 Å². The van der Waals surface area contributed by atoms with Crippen LogP contribution in [0.15, 0.2) is 24.3 Å². The van der Waals surface area contributed by atoms with Gasteiger partial charge >= 0.3 is 0 Å². The predicted molar refractivity (Wildman–Crippen MR) is 73.1 cm³/mol. The molecule has 88 valence electrons. The molecule has 1 saturated carbocycles. The number of aryl methyl sites for hydroxylation is 1. The van der Waals surface area contributed by atoms with Crippen LogP contribution in [-0.4, -0.2) is 17.5 Å². The maximum absolute atomic E-state index is 3.66. The molecule has 1 aromatic carbocycles. The third kappa shape index (κ3) is 2.80. The molecule has 2 heteroatoms. The van der Waals surface area contributed by atoms with Crippen LogP contribution >= 0.6 is 11.8 Å². The first-order chi connectivity index (χ1) is 7.65. The Kier molecular flexibility index (Phi) is 3.60. The molecule has 0 saturated heterocycles. The minimum atomic E-state index is 0.463. The van der Waals surface area contributed by atoms with Gasteiger partial charge in [0.1, 0.15) is 0 Å². The standard InChI is InChI=1S/C14H21NS/c1-11-5-4-6-13(9-11)12(2)15-10-14(16-3)7-8-14/h4-6,9,12,15H,7-8,10H2,1-3H3. The van der Waals surface area contributed by atoms with Crippen molar-refractivity contribution in [3.05, 3.63) is 35.4 Å². The smallest absolute Gasteiger partial charge is 0.0292 e. The first-order valence-electron chi connectivity index (χ1n) is 6.00. The van der Waals surface area contributed by atoms with Gasteiger partial charge < -0.3 is 5.32 Å². The summed E-state index contributed by atoms with van der Waals surface area (Å²) in [5.74, 6) is 0. The lowest BCUT2D eigenvalue weighted by molar-refractivity contribution is 0.563. The van der Waals surface area contributed by atoms with Gasteiger partial charge in [-0.2, -0.15) is 11.8 Å². The van der Waals surface area contributed by atoms with E-state index in [1.807, 2.05) is 11.8 Å². The van der Waals surface area contributed by atoms with Crippen LogP contribution in [0.25, 0.3) is 0 Å². The zero-order chi connectivity index (χ0) is 11.6. The summed E-state index contributed by atoms with van der Waals surface area (Å²) >= 11 is 2.02. The van der Waals surface area contributed by atoms with Crippen molar-refractivity contribution >= 4 is 11.8 Å². The van der Waals surface area contributed by atoms with Crippen molar-refractivity contribution in [3.63, 3.8) is 0 Å². The van der Waals surface area contributed by atoms with Gasteiger partial charge in [-0.05, 0) is 38.5 Å². The Balaban J connectivity index is 1.90. The molecule has 16 heavy (non-hydrogen) atoms. The maximum Gasteiger partial charge on any atom is 0.0292 e. The van der Waals surface area contributed by atoms with Crippen LogP contribution in [-0.2, 0) is 0 Å². The zero-order valence-corrected chi connectivity index (χ0v) is 11.2. The highest BCUT2D eigenvalue weighted by molar-refractivity contribution is 8.00. The Morgan fingerprint density at radius 2 is 2.19 bits per heavy atom. The number of benzene rings is 1. The van der Waals surface area contributed by atoms with E-state index < -0.39 is 0 Å². The van der Waals surface area contributed by atoms with Crippen LogP contribution in [0.4, 0.5) is 0 Å². The van der Waals surface area contributed by atoms with Gasteiger partial charge in [0, 0.05) is 17.3 Å². The SMILES string of the molecule is CSC1(CNC(C)c2cccc(C)c2)CC1. The van der Waals surface area contributed by atoms with Gasteiger partial charge in [-0.3, -0.25) is 0 Å². The fourth-order valence-electron chi connectivity index (χ4n) is 1.99. The molecule has 1 unspecified atom stereocenters. The Hall–Kier alpha value is -0.470. The van der Waals surface area contributed by atoms with Crippen molar-refractivity contribution in [2.24, 2.45) is 0 Å². The molecule has 1 atom stereocenters. The monoisotopic (exact) mass is 235 g/mol. The van der Waals surface area contributed by atoms with E-state index in [1.54, 1.807) is 0 Å². The van der Waals surface area contributed by atoms with Crippen molar-refractivity contribution in [1.82, 2.24) is 5.32 Å². The van der Waals surface area contributed by atoms with Gasteiger partial charge in [0.15, 0.2) is 0 Å². The molecule has 1 aromatic rings. The Morgan fingerprint density at radius 1 is 1.44 bits per heavy atom. The summed E-state index contributed by atoms with van der Waals surface area (Å²) in [5.41, 5.74) is 2.74. The first-order valence-corrected chi connectivity index (χ1v) is 7.23. The fraction of sp³-hybridized carbons (Fsp3) is 0.571. The summed E-state index contributed by atoms with van der Waals surface area (Å²) in [6, 6.07) is 9.24. The van der Waals surface area contributed by atoms with Crippen LogP contribution < -0.4 is 5.32 Å². The third-order valence-electron chi connectivity index (χ3n) is 3.51. The minimum absolute atomic E-state index is 0.463. The van der Waals surface area contributed by atoms with Crippen molar-refractivity contribution < 1.29 is 0 Å². The van der Waals surface area contributed by atoms with Crippen molar-refractivity contribution in [2.75, 3.05) is 12.8 Å². The summed E-state index contributed by atoms with van der Waals surface area (Å²) < 4.78 is 0.554. The van der Waals surface area contributed by atoms with Gasteiger partial charge in [0.05, 0.1) is 0 Å². The molecule has 0 bridgehead atoms. The lowest BCUT2D eigenvalue weighted by atomic mass is 10.1. The van der Waals surface area contributed by atoms with E-state index in [9.17, 15) is 0 Å². The highest BCUT2D eigenvalue weighted by Crippen LogP contribution is 2.46. The molecule has 0 amide bonds. The van der Waals surface area contributed by atoms with Crippen molar-refractivity contribution in [2.45, 2.75) is 37.5 Å². The van der Waals surface area contributed by atoms with Crippen LogP contribution in [0.3, 0.4) is 0 Å². The summed E-state index contributed by atoms with van der Waals surface area (Å²) in [4.78, 5) is 0. The molecule has 0 spiro atoms. The number of hydrogen-bond donors (Lipinski definition) is 1. The molecule has 1 aliphatic rings. The van der Waals surface area contributed by atoms with E-state index in [2.05, 4.69) is 49.7 Å². The molecule has 1 aliphatic carbocycles. The zero-order valence-electron chi connectivity index (χ0n) is 10.4. The van der Waals surface area contributed by atoms with Crippen LogP contribution in [0.5, 0.6) is 0 Å². The van der Waals surface area contributed by atoms with Gasteiger partial charge in [0.25, 0.3) is 0 Å². The maximum atomic E-state index is 3.66. The van der Waals surface area contributed by atoms with Crippen molar-refractivity contribution in [3.8, 4) is 0 Å². The van der Waals surface area contributed by atoms with Crippen molar-refractivity contribution in [1.29, 1.82) is 0 Å². The Labute approximate surface area is 103 Å². The Bertz CT molecular complexity index is 358. The average molecular weight is 235 g/mol. The predicted octanol–water partition coefficient (Wildman–Crippen LogP) is 3.54. The lowest BCUT2D eigenvalue weighted by Crippen LogP contribution is -2.28. The van der Waals surface area contributed by atoms with E-state index in [1.165, 1.54) is 24.0 Å². The highest BCUT2D eigenvalue weighted by Gasteiger charge is 2.41. The largest absolute Gasteiger partial charge is 0.309 e. The molecule has 1 N–H and O–H groups in total. The molecule has 0 aliphatic heterocycles. The fourth-order valence-corrected chi connectivity index (χ4v) is 2.73. The molecule has 1 nitrogen and oxygen atoms in total. The highest BCUT2D eigenvalue weighted by atomic mass is 32.2. The van der Waals surface area contributed by atoms with Crippen LogP contribution in [0.1, 0.15) is 36.9 Å². The number of hydrogen-bond acceptors (Lipinski definition) is 2. The summed E-state index contributed by atoms with van der Waals surface area (Å²) in [6.07, 6.45) is 4.98. The molecule has 1 fully saturated rings. The van der Waals surface area contributed by atoms with Crippen LogP contribution in [0.2, 0.25) is 0 Å². The van der Waals surface area contributed by atoms with Gasteiger partial charge in [-0.25, -0.2) is 0 Å². The van der Waals surface area contributed by atoms with Gasteiger partial charge in [-0.15, -0.1) is 0 Å². The summed E-state index contributed by atoms with van der Waals surface area (Å²) in [7, 11) is 0. The average Bonchev–Trinajstić information content (AvgIpc) is 3.07. The number of thioether (sulfide) groups is 1. The summed E-state index contributed by atoms with van der Waals surface area (Å²) in [5, 5.41) is 3.66. The molecular formula is C14H21NS. The minimum Gasteiger partial charge on any atom is -0.309 e. The van der Waals surface area contributed by atoms with Crippen LogP contribution in [0, 0.1) is 6.92 Å². The third-order valence-corrected chi connectivity index (χ3v) is 4.93. The molecular weight excluding hydrogens is 214 g/mol. The lowest BCUT2D eigenvalue weighted by Gasteiger charge is -2.19. The normalized spacial score (nSPS) is 19.4. The molecule has 0 heterocycles. The number of nitrogens with one attached hydrogen (secondary N) is 1. The Morgan fingerprint density at radius 3 is 2.75 bits per heavy atom. The summed E-state index contributed by atoms with van der Waals surface area (Å²) in [6.45, 7) is 5.55. The first kappa shape index (κ1) is 12.0. The topological polar surface area (TPSA) is 12.0 Å². The quantitative estimate of drug-likeness (QED) is 0.838. The van der Waals surface area contributed by atoms with Gasteiger partial charge in [-0.1, -0.05) is 29.8 Å².